The maximum Gasteiger partial charge on any atom is 0.269 e. The fourth-order valence-corrected chi connectivity index (χ4v) is 3.49. The highest BCUT2D eigenvalue weighted by Gasteiger charge is 2.14. The molecule has 0 fully saturated rings. The van der Waals surface area contributed by atoms with E-state index in [1.165, 1.54) is 24.3 Å². The molecule has 1 N–H and O–H groups in total. The van der Waals surface area contributed by atoms with Gasteiger partial charge in [0, 0.05) is 28.4 Å². The number of hydrogen-bond acceptors (Lipinski definition) is 6. The molecule has 32 heavy (non-hydrogen) atoms. The van der Waals surface area contributed by atoms with Crippen LogP contribution in [-0.4, -0.2) is 22.4 Å². The number of ether oxygens (including phenoxy) is 1. The molecule has 10 heteroatoms. The molecule has 4 aromatic rings. The van der Waals surface area contributed by atoms with E-state index >= 15 is 0 Å². The number of oxazole rings is 1. The number of hydrogen-bond donors (Lipinski definition) is 1. The highest BCUT2D eigenvalue weighted by molar-refractivity contribution is 6.38. The molecule has 0 saturated carbocycles. The number of rotatable bonds is 6. The number of nitrogens with one attached hydrogen (secondary N) is 1. The third-order valence-electron chi connectivity index (χ3n) is 4.59. The van der Waals surface area contributed by atoms with Crippen molar-refractivity contribution >= 4 is 51.6 Å². The summed E-state index contributed by atoms with van der Waals surface area (Å²) in [4.78, 5) is 27.0. The largest absolute Gasteiger partial charge is 0.484 e. The second-order valence-electron chi connectivity index (χ2n) is 6.87. The van der Waals surface area contributed by atoms with Gasteiger partial charge in [-0.15, -0.1) is 0 Å². The minimum absolute atomic E-state index is 0.0583. The molecule has 1 heterocycles. The zero-order valence-electron chi connectivity index (χ0n) is 16.6. The molecule has 0 aliphatic rings. The Hall–Kier alpha value is -3.62. The van der Waals surface area contributed by atoms with E-state index in [4.69, 9.17) is 32.4 Å². The van der Waals surface area contributed by atoms with Crippen LogP contribution in [0.3, 0.4) is 0 Å². The Kier molecular flexibility index (Phi) is 5.98. The Balaban J connectivity index is 1.48. The topological polar surface area (TPSA) is 108 Å². The summed E-state index contributed by atoms with van der Waals surface area (Å²) in [7, 11) is 0. The van der Waals surface area contributed by atoms with Gasteiger partial charge in [-0.25, -0.2) is 4.98 Å². The van der Waals surface area contributed by atoms with Gasteiger partial charge in [-0.1, -0.05) is 29.3 Å². The highest BCUT2D eigenvalue weighted by Crippen LogP contribution is 2.33. The number of nitro benzene ring substituents is 1. The maximum atomic E-state index is 12.4. The van der Waals surface area contributed by atoms with Crippen molar-refractivity contribution in [3.63, 3.8) is 0 Å². The van der Waals surface area contributed by atoms with Crippen LogP contribution in [0.5, 0.6) is 5.75 Å². The summed E-state index contributed by atoms with van der Waals surface area (Å²) in [6.07, 6.45) is 0. The summed E-state index contributed by atoms with van der Waals surface area (Å²) >= 11 is 12.2. The summed E-state index contributed by atoms with van der Waals surface area (Å²) in [5.74, 6) is 0.288. The fraction of sp³-hybridized carbons (Fsp3) is 0.0909. The fourth-order valence-electron chi connectivity index (χ4n) is 2.97. The van der Waals surface area contributed by atoms with Gasteiger partial charge in [-0.3, -0.25) is 14.9 Å². The van der Waals surface area contributed by atoms with E-state index < -0.39 is 10.8 Å². The number of non-ortho nitro benzene ring substituents is 1. The summed E-state index contributed by atoms with van der Waals surface area (Å²) in [5.41, 5.74) is 2.93. The monoisotopic (exact) mass is 471 g/mol. The molecule has 0 aliphatic carbocycles. The zero-order chi connectivity index (χ0) is 22.8. The number of fused-ring (bicyclic) bond motifs is 1. The summed E-state index contributed by atoms with van der Waals surface area (Å²) < 4.78 is 11.2. The lowest BCUT2D eigenvalue weighted by Crippen LogP contribution is -2.20. The number of amides is 1. The molecule has 1 amide bonds. The Labute approximate surface area is 191 Å². The first-order valence-corrected chi connectivity index (χ1v) is 10.1. The van der Waals surface area contributed by atoms with E-state index in [-0.39, 0.29) is 12.3 Å². The van der Waals surface area contributed by atoms with Crippen LogP contribution < -0.4 is 10.1 Å². The number of nitro groups is 1. The van der Waals surface area contributed by atoms with Gasteiger partial charge in [-0.05, 0) is 48.9 Å². The van der Waals surface area contributed by atoms with Crippen LogP contribution in [0.25, 0.3) is 22.6 Å². The van der Waals surface area contributed by atoms with Gasteiger partial charge in [0.05, 0.1) is 9.95 Å². The molecule has 0 atom stereocenters. The average molecular weight is 472 g/mol. The number of carbonyl (C=O) groups excluding carboxylic acids is 1. The van der Waals surface area contributed by atoms with Crippen LogP contribution in [0.15, 0.2) is 59.0 Å². The molecule has 0 radical (unpaired) electrons. The lowest BCUT2D eigenvalue weighted by atomic mass is 10.1. The molecule has 0 bridgehead atoms. The van der Waals surface area contributed by atoms with E-state index in [1.54, 1.807) is 18.2 Å². The quantitative estimate of drug-likeness (QED) is 0.271. The molecular weight excluding hydrogens is 457 g/mol. The zero-order valence-corrected chi connectivity index (χ0v) is 18.1. The first-order valence-electron chi connectivity index (χ1n) is 9.34. The third-order valence-corrected chi connectivity index (χ3v) is 5.08. The molecule has 0 aliphatic heterocycles. The molecule has 4 rings (SSSR count). The van der Waals surface area contributed by atoms with Gasteiger partial charge in [0.15, 0.2) is 12.2 Å². The predicted molar refractivity (Wildman–Crippen MR) is 121 cm³/mol. The Bertz CT molecular complexity index is 1340. The SMILES string of the molecule is Cc1ccc(-c2nc3cc(Cl)cc(Cl)c3o2)cc1NC(=O)COc1ccc([N+](=O)[O-])cc1. The Morgan fingerprint density at radius 3 is 2.62 bits per heavy atom. The van der Waals surface area contributed by atoms with E-state index in [9.17, 15) is 14.9 Å². The van der Waals surface area contributed by atoms with Crippen molar-refractivity contribution < 1.29 is 18.9 Å². The second-order valence-corrected chi connectivity index (χ2v) is 7.72. The van der Waals surface area contributed by atoms with Crippen LogP contribution >= 0.6 is 23.2 Å². The molecule has 0 spiro atoms. The molecular formula is C22H15Cl2N3O5. The summed E-state index contributed by atoms with van der Waals surface area (Å²) in [6, 6.07) is 14.1. The van der Waals surface area contributed by atoms with Crippen molar-refractivity contribution in [2.45, 2.75) is 6.92 Å². The molecule has 3 aromatic carbocycles. The van der Waals surface area contributed by atoms with Gasteiger partial charge in [0.1, 0.15) is 11.3 Å². The van der Waals surface area contributed by atoms with Gasteiger partial charge in [-0.2, -0.15) is 0 Å². The van der Waals surface area contributed by atoms with Crippen molar-refractivity contribution in [3.8, 4) is 17.2 Å². The summed E-state index contributed by atoms with van der Waals surface area (Å²) in [6.45, 7) is 1.58. The molecule has 1 aromatic heterocycles. The molecule has 0 unspecified atom stereocenters. The molecule has 8 nitrogen and oxygen atoms in total. The van der Waals surface area contributed by atoms with Crippen LogP contribution in [-0.2, 0) is 4.79 Å². The summed E-state index contributed by atoms with van der Waals surface area (Å²) in [5, 5.41) is 14.3. The number of benzene rings is 3. The Morgan fingerprint density at radius 2 is 1.91 bits per heavy atom. The number of halogens is 2. The number of aryl methyl sites for hydroxylation is 1. The van der Waals surface area contributed by atoms with Crippen LogP contribution in [0.4, 0.5) is 11.4 Å². The van der Waals surface area contributed by atoms with Crippen LogP contribution in [0, 0.1) is 17.0 Å². The van der Waals surface area contributed by atoms with Crippen LogP contribution in [0.1, 0.15) is 5.56 Å². The number of anilines is 1. The van der Waals surface area contributed by atoms with Crippen LogP contribution in [0.2, 0.25) is 10.0 Å². The Morgan fingerprint density at radius 1 is 1.16 bits per heavy atom. The predicted octanol–water partition coefficient (Wildman–Crippen LogP) is 6.04. The normalized spacial score (nSPS) is 10.8. The minimum Gasteiger partial charge on any atom is -0.484 e. The number of carbonyl (C=O) groups is 1. The molecule has 162 valence electrons. The van der Waals surface area contributed by atoms with Crippen molar-refractivity contribution in [1.29, 1.82) is 0 Å². The standard InChI is InChI=1S/C22H15Cl2N3O5/c1-12-2-3-13(22-26-19-10-14(23)9-17(24)21(19)32-22)8-18(12)25-20(28)11-31-16-6-4-15(5-7-16)27(29)30/h2-10H,11H2,1H3,(H,25,28). The van der Waals surface area contributed by atoms with Gasteiger partial charge in [0.25, 0.3) is 11.6 Å². The van der Waals surface area contributed by atoms with E-state index in [1.807, 2.05) is 19.1 Å². The minimum atomic E-state index is -0.508. The molecule has 0 saturated heterocycles. The van der Waals surface area contributed by atoms with E-state index in [2.05, 4.69) is 10.3 Å². The lowest BCUT2D eigenvalue weighted by Gasteiger charge is -2.10. The first-order chi connectivity index (χ1) is 15.3. The average Bonchev–Trinajstić information content (AvgIpc) is 3.18. The smallest absolute Gasteiger partial charge is 0.269 e. The second kappa shape index (κ2) is 8.86. The van der Waals surface area contributed by atoms with Crippen molar-refractivity contribution in [3.05, 3.63) is 80.3 Å². The number of aromatic nitrogens is 1. The number of nitrogens with zero attached hydrogens (tertiary/aromatic N) is 2. The first kappa shape index (κ1) is 21.6. The van der Waals surface area contributed by atoms with Crippen molar-refractivity contribution in [2.75, 3.05) is 11.9 Å². The van der Waals surface area contributed by atoms with Gasteiger partial charge < -0.3 is 14.5 Å². The van der Waals surface area contributed by atoms with Gasteiger partial charge in [0.2, 0.25) is 5.89 Å². The van der Waals surface area contributed by atoms with Crippen molar-refractivity contribution in [1.82, 2.24) is 4.98 Å². The van der Waals surface area contributed by atoms with E-state index in [0.717, 1.165) is 5.56 Å². The van der Waals surface area contributed by atoms with Crippen molar-refractivity contribution in [2.24, 2.45) is 0 Å². The lowest BCUT2D eigenvalue weighted by molar-refractivity contribution is -0.384. The highest BCUT2D eigenvalue weighted by atomic mass is 35.5. The third kappa shape index (κ3) is 4.66. The van der Waals surface area contributed by atoms with E-state index in [0.29, 0.717) is 44.0 Å². The van der Waals surface area contributed by atoms with Gasteiger partial charge >= 0.3 is 0 Å². The maximum absolute atomic E-state index is 12.4.